The predicted octanol–water partition coefficient (Wildman–Crippen LogP) is 6.33. The van der Waals surface area contributed by atoms with Crippen molar-refractivity contribution in [2.45, 2.75) is 64.3 Å². The summed E-state index contributed by atoms with van der Waals surface area (Å²) in [5.41, 5.74) is 0. The van der Waals surface area contributed by atoms with Gasteiger partial charge in [-0.3, -0.25) is 14.4 Å². The summed E-state index contributed by atoms with van der Waals surface area (Å²) in [5.74, 6) is 0.853. The smallest absolute Gasteiger partial charge is 0.258 e. The summed E-state index contributed by atoms with van der Waals surface area (Å²) >= 11 is 19.6. The third kappa shape index (κ3) is 11.2. The van der Waals surface area contributed by atoms with Crippen LogP contribution in [0.4, 0.5) is 0 Å². The van der Waals surface area contributed by atoms with Crippen molar-refractivity contribution >= 4 is 64.2 Å². The summed E-state index contributed by atoms with van der Waals surface area (Å²) in [6, 6.07) is 5.10. The lowest BCUT2D eigenvalue weighted by Crippen LogP contribution is -2.53. The van der Waals surface area contributed by atoms with Crippen molar-refractivity contribution in [3.8, 4) is 5.75 Å². The van der Waals surface area contributed by atoms with Crippen LogP contribution >= 0.6 is 46.6 Å². The molecule has 0 radical (unpaired) electrons. The number of benzene rings is 1. The SMILES string of the molecule is CCCC[C@H](NC(=O)[C@H](CC(C)C)NC(=O)COc1c(Cl)cc(Cl)cc1Cl)C(=O)CSCc1ccco1. The number of Topliss-reactive ketones (excluding diaryl/α,β-unsaturated/α-hetero) is 1. The molecule has 11 heteroatoms. The highest BCUT2D eigenvalue weighted by Gasteiger charge is 2.27. The lowest BCUT2D eigenvalue weighted by Gasteiger charge is -2.24. The molecule has 1 heterocycles. The van der Waals surface area contributed by atoms with Gasteiger partial charge in [0.25, 0.3) is 5.91 Å². The van der Waals surface area contributed by atoms with Gasteiger partial charge in [0.15, 0.2) is 18.1 Å². The predicted molar refractivity (Wildman–Crippen MR) is 150 cm³/mol. The van der Waals surface area contributed by atoms with E-state index in [1.54, 1.807) is 12.3 Å². The molecule has 2 rings (SSSR count). The number of carbonyl (C=O) groups is 3. The van der Waals surface area contributed by atoms with Gasteiger partial charge in [0, 0.05) is 5.02 Å². The molecular weight excluding hydrogens is 559 g/mol. The van der Waals surface area contributed by atoms with Gasteiger partial charge in [-0.2, -0.15) is 0 Å². The first-order chi connectivity index (χ1) is 17.6. The maximum absolute atomic E-state index is 13.2. The monoisotopic (exact) mass is 590 g/mol. The van der Waals surface area contributed by atoms with E-state index in [2.05, 4.69) is 10.6 Å². The molecule has 2 N–H and O–H groups in total. The second-order valence-corrected chi connectivity index (χ2v) is 11.2. The first kappa shape index (κ1) is 31.3. The molecule has 2 amide bonds. The van der Waals surface area contributed by atoms with Crippen LogP contribution in [-0.2, 0) is 20.1 Å². The Balaban J connectivity index is 1.99. The standard InChI is InChI=1S/C26H33Cl3N2O5S/c1-4-5-8-21(23(32)15-37-14-18-7-6-9-35-18)31-26(34)22(10-16(2)3)30-24(33)13-36-25-19(28)11-17(27)12-20(25)29/h6-7,9,11-12,16,21-22H,4-5,8,10,13-15H2,1-3H3,(H,30,33)(H,31,34)/t21-,22-/m0/s1. The first-order valence-corrected chi connectivity index (χ1v) is 14.4. The minimum atomic E-state index is -0.833. The van der Waals surface area contributed by atoms with Gasteiger partial charge in [0.05, 0.1) is 33.9 Å². The molecule has 1 aromatic carbocycles. The molecule has 0 aliphatic carbocycles. The van der Waals surface area contributed by atoms with Gasteiger partial charge >= 0.3 is 0 Å². The minimum absolute atomic E-state index is 0.0664. The number of carbonyl (C=O) groups excluding carboxylic acids is 3. The van der Waals surface area contributed by atoms with Crippen molar-refractivity contribution in [3.63, 3.8) is 0 Å². The lowest BCUT2D eigenvalue weighted by atomic mass is 10.0. The average Bonchev–Trinajstić information content (AvgIpc) is 3.33. The molecule has 0 unspecified atom stereocenters. The Hall–Kier alpha value is -1.87. The van der Waals surface area contributed by atoms with E-state index < -0.39 is 30.5 Å². The van der Waals surface area contributed by atoms with E-state index in [9.17, 15) is 14.4 Å². The highest BCUT2D eigenvalue weighted by Crippen LogP contribution is 2.35. The quantitative estimate of drug-likeness (QED) is 0.237. The molecule has 2 aromatic rings. The van der Waals surface area contributed by atoms with E-state index in [4.69, 9.17) is 44.0 Å². The molecule has 1 aromatic heterocycles. The van der Waals surface area contributed by atoms with Crippen LogP contribution in [0.1, 0.15) is 52.2 Å². The fourth-order valence-electron chi connectivity index (χ4n) is 3.49. The summed E-state index contributed by atoms with van der Waals surface area (Å²) in [6.07, 6.45) is 4.19. The summed E-state index contributed by atoms with van der Waals surface area (Å²) in [5, 5.41) is 6.26. The molecule has 0 saturated heterocycles. The van der Waals surface area contributed by atoms with Crippen LogP contribution in [0.3, 0.4) is 0 Å². The second kappa shape index (κ2) is 16.2. The van der Waals surface area contributed by atoms with Crippen LogP contribution in [-0.4, -0.2) is 42.0 Å². The number of ketones is 1. The van der Waals surface area contributed by atoms with Gasteiger partial charge in [-0.05, 0) is 43.0 Å². The van der Waals surface area contributed by atoms with Gasteiger partial charge in [-0.25, -0.2) is 0 Å². The van der Waals surface area contributed by atoms with E-state index in [0.29, 0.717) is 23.6 Å². The minimum Gasteiger partial charge on any atom is -0.481 e. The van der Waals surface area contributed by atoms with E-state index in [-0.39, 0.29) is 33.2 Å². The van der Waals surface area contributed by atoms with E-state index in [1.165, 1.54) is 23.9 Å². The summed E-state index contributed by atoms with van der Waals surface area (Å²) in [6.45, 7) is 5.52. The van der Waals surface area contributed by atoms with Gasteiger partial charge in [0.2, 0.25) is 5.91 Å². The Kier molecular flexibility index (Phi) is 13.7. The van der Waals surface area contributed by atoms with E-state index in [1.807, 2.05) is 26.8 Å². The summed E-state index contributed by atoms with van der Waals surface area (Å²) in [7, 11) is 0. The van der Waals surface area contributed by atoms with Crippen molar-refractivity contribution in [1.82, 2.24) is 10.6 Å². The van der Waals surface area contributed by atoms with Crippen LogP contribution in [0.15, 0.2) is 34.9 Å². The number of thioether (sulfide) groups is 1. The second-order valence-electron chi connectivity index (χ2n) is 8.98. The largest absolute Gasteiger partial charge is 0.481 e. The van der Waals surface area contributed by atoms with Gasteiger partial charge in [-0.1, -0.05) is 68.4 Å². The fourth-order valence-corrected chi connectivity index (χ4v) is 5.28. The summed E-state index contributed by atoms with van der Waals surface area (Å²) in [4.78, 5) is 38.7. The van der Waals surface area contributed by atoms with Gasteiger partial charge in [0.1, 0.15) is 11.8 Å². The number of amides is 2. The summed E-state index contributed by atoms with van der Waals surface area (Å²) < 4.78 is 10.8. The van der Waals surface area contributed by atoms with Gasteiger partial charge < -0.3 is 19.8 Å². The molecule has 0 aliphatic rings. The van der Waals surface area contributed by atoms with Crippen LogP contribution < -0.4 is 15.4 Å². The zero-order valence-corrected chi connectivity index (χ0v) is 24.2. The van der Waals surface area contributed by atoms with Crippen molar-refractivity contribution in [3.05, 3.63) is 51.4 Å². The number of halogens is 3. The molecule has 7 nitrogen and oxygen atoms in total. The van der Waals surface area contributed by atoms with E-state index >= 15 is 0 Å². The number of rotatable bonds is 16. The maximum atomic E-state index is 13.2. The number of hydrogen-bond acceptors (Lipinski definition) is 6. The number of furan rings is 1. The zero-order chi connectivity index (χ0) is 27.4. The Morgan fingerprint density at radius 1 is 1.08 bits per heavy atom. The Labute approximate surface area is 237 Å². The molecule has 0 saturated carbocycles. The number of ether oxygens (including phenoxy) is 1. The lowest BCUT2D eigenvalue weighted by molar-refractivity contribution is -0.132. The molecular formula is C26H33Cl3N2O5S. The van der Waals surface area contributed by atoms with Crippen LogP contribution in [0, 0.1) is 5.92 Å². The van der Waals surface area contributed by atoms with Crippen LogP contribution in [0.5, 0.6) is 5.75 Å². The van der Waals surface area contributed by atoms with E-state index in [0.717, 1.165) is 18.6 Å². The van der Waals surface area contributed by atoms with Crippen molar-refractivity contribution < 1.29 is 23.5 Å². The third-order valence-electron chi connectivity index (χ3n) is 5.29. The highest BCUT2D eigenvalue weighted by atomic mass is 35.5. The molecule has 0 spiro atoms. The third-order valence-corrected chi connectivity index (χ3v) is 7.05. The maximum Gasteiger partial charge on any atom is 0.258 e. The highest BCUT2D eigenvalue weighted by molar-refractivity contribution is 7.99. The average molecular weight is 592 g/mol. The molecule has 37 heavy (non-hydrogen) atoms. The Morgan fingerprint density at radius 2 is 1.78 bits per heavy atom. The Morgan fingerprint density at radius 3 is 2.38 bits per heavy atom. The molecule has 0 aliphatic heterocycles. The zero-order valence-electron chi connectivity index (χ0n) is 21.2. The fraction of sp³-hybridized carbons (Fsp3) is 0.500. The normalized spacial score (nSPS) is 12.7. The van der Waals surface area contributed by atoms with Crippen molar-refractivity contribution in [1.29, 1.82) is 0 Å². The molecule has 0 fully saturated rings. The Bertz CT molecular complexity index is 1010. The number of hydrogen-bond donors (Lipinski definition) is 2. The van der Waals surface area contributed by atoms with Gasteiger partial charge in [-0.15, -0.1) is 11.8 Å². The number of nitrogens with one attached hydrogen (secondary N) is 2. The van der Waals surface area contributed by atoms with Crippen LogP contribution in [0.25, 0.3) is 0 Å². The molecule has 2 atom stereocenters. The van der Waals surface area contributed by atoms with Crippen molar-refractivity contribution in [2.75, 3.05) is 12.4 Å². The number of unbranched alkanes of at least 4 members (excludes halogenated alkanes) is 1. The van der Waals surface area contributed by atoms with Crippen molar-refractivity contribution in [2.24, 2.45) is 5.92 Å². The first-order valence-electron chi connectivity index (χ1n) is 12.1. The molecule has 0 bridgehead atoms. The topological polar surface area (TPSA) is 97.6 Å². The van der Waals surface area contributed by atoms with Crippen LogP contribution in [0.2, 0.25) is 15.1 Å². The molecule has 204 valence electrons.